The predicted molar refractivity (Wildman–Crippen MR) is 131 cm³/mol. The van der Waals surface area contributed by atoms with Crippen molar-refractivity contribution in [2.45, 2.75) is 45.2 Å². The Bertz CT molecular complexity index is 1270. The maximum Gasteiger partial charge on any atom is 0.190 e. The summed E-state index contributed by atoms with van der Waals surface area (Å²) in [6.45, 7) is 6.97. The number of rotatable bonds is 6. The first-order valence-electron chi connectivity index (χ1n) is 12.3. The second-order valence-corrected chi connectivity index (χ2v) is 9.74. The summed E-state index contributed by atoms with van der Waals surface area (Å²) in [6.07, 6.45) is 4.68. The minimum Gasteiger partial charge on any atom is -0.486 e. The topological polar surface area (TPSA) is 76.4 Å². The van der Waals surface area contributed by atoms with E-state index >= 15 is 0 Å². The molecule has 0 aliphatic carbocycles. The van der Waals surface area contributed by atoms with E-state index in [1.807, 2.05) is 29.6 Å². The minimum absolute atomic E-state index is 0.0550. The van der Waals surface area contributed by atoms with Crippen molar-refractivity contribution in [3.63, 3.8) is 0 Å². The zero-order chi connectivity index (χ0) is 25.4. The maximum atomic E-state index is 14.9. The monoisotopic (exact) mass is 496 g/mol. The molecule has 2 aliphatic rings. The van der Waals surface area contributed by atoms with Gasteiger partial charge >= 0.3 is 0 Å². The second-order valence-electron chi connectivity index (χ2n) is 9.74. The Balaban J connectivity index is 1.38. The number of benzene rings is 1. The number of hydrogen-bond acceptors (Lipinski definition) is 7. The number of aromatic nitrogens is 4. The third kappa shape index (κ3) is 4.82. The van der Waals surface area contributed by atoms with Crippen molar-refractivity contribution in [3.05, 3.63) is 53.7 Å². The lowest BCUT2D eigenvalue weighted by Crippen LogP contribution is -2.38. The summed E-state index contributed by atoms with van der Waals surface area (Å²) in [6, 6.07) is 4.97. The van der Waals surface area contributed by atoms with E-state index in [0.29, 0.717) is 24.5 Å². The fourth-order valence-corrected chi connectivity index (χ4v) is 4.85. The third-order valence-electron chi connectivity index (χ3n) is 6.88. The van der Waals surface area contributed by atoms with Crippen molar-refractivity contribution in [3.8, 4) is 17.0 Å². The normalized spacial score (nSPS) is 16.8. The van der Waals surface area contributed by atoms with Gasteiger partial charge in [0.05, 0.1) is 30.9 Å². The summed E-state index contributed by atoms with van der Waals surface area (Å²) in [4.78, 5) is 25.5. The molecule has 1 aromatic carbocycles. The Labute approximate surface area is 208 Å². The average Bonchev–Trinajstić information content (AvgIpc) is 3.36. The van der Waals surface area contributed by atoms with Crippen LogP contribution in [-0.2, 0) is 6.42 Å². The number of piperidine rings is 1. The summed E-state index contributed by atoms with van der Waals surface area (Å²) in [5.41, 5.74) is 1.09. The van der Waals surface area contributed by atoms with E-state index < -0.39 is 11.6 Å². The van der Waals surface area contributed by atoms with Crippen LogP contribution >= 0.6 is 0 Å². The fourth-order valence-electron chi connectivity index (χ4n) is 4.85. The number of carbonyl (C=O) groups is 1. The van der Waals surface area contributed by atoms with Gasteiger partial charge in [-0.05, 0) is 65.0 Å². The number of ether oxygens (including phenoxy) is 1. The van der Waals surface area contributed by atoms with Gasteiger partial charge in [0.15, 0.2) is 23.2 Å². The molecule has 2 aliphatic heterocycles. The Morgan fingerprint density at radius 3 is 2.69 bits per heavy atom. The van der Waals surface area contributed by atoms with Crippen molar-refractivity contribution in [1.29, 1.82) is 0 Å². The largest absolute Gasteiger partial charge is 0.486 e. The number of ketones is 1. The molecule has 0 N–H and O–H groups in total. The number of carbonyl (C=O) groups excluding carboxylic acids is 1. The molecule has 3 aromatic rings. The van der Waals surface area contributed by atoms with Crippen LogP contribution in [-0.4, -0.2) is 69.8 Å². The molecule has 4 heterocycles. The molecule has 5 rings (SSSR count). The predicted octanol–water partition coefficient (Wildman–Crippen LogP) is 3.92. The molecule has 1 fully saturated rings. The average molecular weight is 497 g/mol. The van der Waals surface area contributed by atoms with Gasteiger partial charge in [-0.25, -0.2) is 18.7 Å². The lowest BCUT2D eigenvalue weighted by Gasteiger charge is -2.34. The number of anilines is 1. The molecule has 36 heavy (non-hydrogen) atoms. The lowest BCUT2D eigenvalue weighted by molar-refractivity contribution is 0.0984. The highest BCUT2D eigenvalue weighted by Gasteiger charge is 2.26. The molecule has 1 saturated heterocycles. The van der Waals surface area contributed by atoms with Crippen LogP contribution in [0, 0.1) is 11.6 Å². The maximum absolute atomic E-state index is 14.9. The van der Waals surface area contributed by atoms with Gasteiger partial charge in [0.1, 0.15) is 23.8 Å². The molecule has 0 spiro atoms. The van der Waals surface area contributed by atoms with E-state index in [9.17, 15) is 13.6 Å². The fraction of sp³-hybridized carbons (Fsp3) is 0.462. The summed E-state index contributed by atoms with van der Waals surface area (Å²) in [7, 11) is 2.10. The number of likely N-dealkylation sites (tertiary alicyclic amines) is 1. The highest BCUT2D eigenvalue weighted by Crippen LogP contribution is 2.39. The minimum atomic E-state index is -0.690. The van der Waals surface area contributed by atoms with Crippen molar-refractivity contribution < 1.29 is 18.3 Å². The second kappa shape index (κ2) is 9.93. The zero-order valence-corrected chi connectivity index (χ0v) is 20.7. The molecule has 2 aromatic heterocycles. The highest BCUT2D eigenvalue weighted by atomic mass is 19.1. The third-order valence-corrected chi connectivity index (χ3v) is 6.88. The van der Waals surface area contributed by atoms with Crippen LogP contribution in [0.1, 0.15) is 49.0 Å². The Morgan fingerprint density at radius 2 is 1.94 bits per heavy atom. The van der Waals surface area contributed by atoms with Gasteiger partial charge < -0.3 is 14.5 Å². The van der Waals surface area contributed by atoms with E-state index in [-0.39, 0.29) is 47.1 Å². The van der Waals surface area contributed by atoms with Crippen molar-refractivity contribution in [2.24, 2.45) is 0 Å². The first kappa shape index (κ1) is 24.3. The summed E-state index contributed by atoms with van der Waals surface area (Å²) >= 11 is 0. The van der Waals surface area contributed by atoms with Gasteiger partial charge in [0.2, 0.25) is 0 Å². The van der Waals surface area contributed by atoms with Crippen LogP contribution < -0.4 is 9.64 Å². The molecule has 0 saturated carbocycles. The zero-order valence-electron chi connectivity index (χ0n) is 20.7. The first-order valence-corrected chi connectivity index (χ1v) is 12.3. The molecular weight excluding hydrogens is 466 g/mol. The van der Waals surface area contributed by atoms with Gasteiger partial charge in [0, 0.05) is 17.8 Å². The van der Waals surface area contributed by atoms with E-state index in [1.54, 1.807) is 12.1 Å². The van der Waals surface area contributed by atoms with Crippen molar-refractivity contribution >= 4 is 11.5 Å². The van der Waals surface area contributed by atoms with Crippen LogP contribution in [0.5, 0.6) is 5.75 Å². The van der Waals surface area contributed by atoms with Gasteiger partial charge in [0.25, 0.3) is 0 Å². The Hall–Kier alpha value is -3.40. The molecular formula is C26H30F2N6O2. The van der Waals surface area contributed by atoms with Gasteiger partial charge in [-0.2, -0.15) is 5.10 Å². The molecule has 0 unspecified atom stereocenters. The number of halogens is 2. The molecule has 190 valence electrons. The van der Waals surface area contributed by atoms with Crippen LogP contribution in [0.2, 0.25) is 0 Å². The van der Waals surface area contributed by atoms with Crippen LogP contribution in [0.25, 0.3) is 11.3 Å². The standard InChI is InChI=1S/C26H30F2N6O2/c1-16(2)33-10-11-36-26-19(27)12-17(13-22(26)33)25-20(28)15-29-24(30-25)14-23(35)21-6-9-34(31-21)18-4-7-32(3)8-5-18/h6,9,12-13,15-16,18H,4-5,7-8,10-11,14H2,1-3H3. The smallest absolute Gasteiger partial charge is 0.190 e. The van der Waals surface area contributed by atoms with Gasteiger partial charge in [-0.15, -0.1) is 0 Å². The number of fused-ring (bicyclic) bond motifs is 1. The highest BCUT2D eigenvalue weighted by molar-refractivity contribution is 5.95. The van der Waals surface area contributed by atoms with Crippen molar-refractivity contribution in [2.75, 3.05) is 38.2 Å². The Kier molecular flexibility index (Phi) is 6.70. The SMILES string of the molecule is CC(C)N1CCOc2c(F)cc(-c3nc(CC(=O)c4ccn(C5CCN(C)CC5)n4)ncc3F)cc21. The summed E-state index contributed by atoms with van der Waals surface area (Å²) in [5.74, 6) is -1.22. The van der Waals surface area contributed by atoms with Crippen LogP contribution in [0.3, 0.4) is 0 Å². The van der Waals surface area contributed by atoms with E-state index in [0.717, 1.165) is 32.1 Å². The van der Waals surface area contributed by atoms with E-state index in [4.69, 9.17) is 4.74 Å². The molecule has 0 amide bonds. The molecule has 8 nitrogen and oxygen atoms in total. The van der Waals surface area contributed by atoms with Gasteiger partial charge in [-0.1, -0.05) is 0 Å². The molecule has 0 bridgehead atoms. The molecule has 0 atom stereocenters. The van der Waals surface area contributed by atoms with Crippen molar-refractivity contribution in [1.82, 2.24) is 24.6 Å². The van der Waals surface area contributed by atoms with E-state index in [2.05, 4.69) is 27.0 Å². The number of Topliss-reactive ketones (excluding diaryl/α,β-unsaturated/α-hetero) is 1. The van der Waals surface area contributed by atoms with Crippen LogP contribution in [0.4, 0.5) is 14.5 Å². The number of nitrogens with zero attached hydrogens (tertiary/aromatic N) is 6. The quantitative estimate of drug-likeness (QED) is 0.479. The summed E-state index contributed by atoms with van der Waals surface area (Å²) in [5, 5.41) is 4.49. The molecule has 10 heteroatoms. The Morgan fingerprint density at radius 1 is 1.17 bits per heavy atom. The van der Waals surface area contributed by atoms with E-state index in [1.165, 1.54) is 6.07 Å². The van der Waals surface area contributed by atoms with Crippen LogP contribution in [0.15, 0.2) is 30.6 Å². The van der Waals surface area contributed by atoms with Gasteiger partial charge in [-0.3, -0.25) is 9.48 Å². The lowest BCUT2D eigenvalue weighted by atomic mass is 10.1. The first-order chi connectivity index (χ1) is 17.3. The summed E-state index contributed by atoms with van der Waals surface area (Å²) < 4.78 is 37.1. The molecule has 0 radical (unpaired) electrons. The number of hydrogen-bond donors (Lipinski definition) is 0.